The Morgan fingerprint density at radius 2 is 2.12 bits per heavy atom. The highest BCUT2D eigenvalue weighted by atomic mass is 15.1. The van der Waals surface area contributed by atoms with E-state index in [1.165, 1.54) is 37.8 Å². The first-order valence-corrected chi connectivity index (χ1v) is 6.50. The molecule has 0 atom stereocenters. The van der Waals surface area contributed by atoms with Gasteiger partial charge in [-0.1, -0.05) is 13.3 Å². The van der Waals surface area contributed by atoms with Crippen molar-refractivity contribution < 1.29 is 0 Å². The second-order valence-electron chi connectivity index (χ2n) is 4.91. The van der Waals surface area contributed by atoms with Gasteiger partial charge in [-0.2, -0.15) is 0 Å². The molecule has 0 unspecified atom stereocenters. The zero-order chi connectivity index (χ0) is 11.4. The highest BCUT2D eigenvalue weighted by molar-refractivity contribution is 5.00. The average molecular weight is 221 g/mol. The fourth-order valence-electron chi connectivity index (χ4n) is 2.81. The van der Waals surface area contributed by atoms with E-state index >= 15 is 0 Å². The summed E-state index contributed by atoms with van der Waals surface area (Å²) in [6, 6.07) is 0.689. The molecule has 0 aliphatic heterocycles. The van der Waals surface area contributed by atoms with Gasteiger partial charge in [0.1, 0.15) is 0 Å². The van der Waals surface area contributed by atoms with Gasteiger partial charge in [0.15, 0.2) is 0 Å². The van der Waals surface area contributed by atoms with Gasteiger partial charge in [-0.3, -0.25) is 0 Å². The van der Waals surface area contributed by atoms with Crippen molar-refractivity contribution in [3.8, 4) is 0 Å². The van der Waals surface area contributed by atoms with E-state index in [4.69, 9.17) is 0 Å². The predicted octanol–water partition coefficient (Wildman–Crippen LogP) is 2.74. The average Bonchev–Trinajstić information content (AvgIpc) is 2.78. The van der Waals surface area contributed by atoms with Crippen LogP contribution in [0.2, 0.25) is 0 Å². The third-order valence-electron chi connectivity index (χ3n) is 3.89. The van der Waals surface area contributed by atoms with E-state index < -0.39 is 0 Å². The zero-order valence-corrected chi connectivity index (χ0v) is 10.4. The minimum absolute atomic E-state index is 0.689. The maximum Gasteiger partial charge on any atom is 0.0951 e. The van der Waals surface area contributed by atoms with Crippen LogP contribution in [0.3, 0.4) is 0 Å². The van der Waals surface area contributed by atoms with Gasteiger partial charge in [-0.05, 0) is 38.6 Å². The lowest BCUT2D eigenvalue weighted by molar-refractivity contribution is 0.265. The molecular formula is C13H23N3. The van der Waals surface area contributed by atoms with E-state index in [0.29, 0.717) is 6.04 Å². The maximum absolute atomic E-state index is 4.28. The first-order chi connectivity index (χ1) is 7.85. The Morgan fingerprint density at radius 3 is 2.75 bits per heavy atom. The number of hydrogen-bond donors (Lipinski definition) is 1. The molecule has 1 aromatic rings. The normalized spacial score (nSPS) is 25.9. The predicted molar refractivity (Wildman–Crippen MR) is 66.3 cm³/mol. The lowest BCUT2D eigenvalue weighted by atomic mass is 9.84. The van der Waals surface area contributed by atoms with Crippen molar-refractivity contribution in [2.45, 2.75) is 51.6 Å². The third kappa shape index (κ3) is 2.46. The van der Waals surface area contributed by atoms with E-state index in [9.17, 15) is 0 Å². The van der Waals surface area contributed by atoms with Gasteiger partial charge in [-0.25, -0.2) is 4.98 Å². The van der Waals surface area contributed by atoms with E-state index in [-0.39, 0.29) is 0 Å². The summed E-state index contributed by atoms with van der Waals surface area (Å²) in [5.41, 5.74) is 1.32. The van der Waals surface area contributed by atoms with Crippen LogP contribution >= 0.6 is 0 Å². The smallest absolute Gasteiger partial charge is 0.0951 e. The number of rotatable bonds is 4. The van der Waals surface area contributed by atoms with E-state index in [0.717, 1.165) is 12.5 Å². The third-order valence-corrected chi connectivity index (χ3v) is 3.89. The minimum Gasteiger partial charge on any atom is -0.330 e. The van der Waals surface area contributed by atoms with Gasteiger partial charge < -0.3 is 9.88 Å². The molecule has 1 aliphatic carbocycles. The van der Waals surface area contributed by atoms with Gasteiger partial charge in [0.25, 0.3) is 0 Å². The van der Waals surface area contributed by atoms with Crippen LogP contribution in [0.15, 0.2) is 12.5 Å². The van der Waals surface area contributed by atoms with Crippen LogP contribution in [0.1, 0.15) is 50.8 Å². The summed E-state index contributed by atoms with van der Waals surface area (Å²) >= 11 is 0. The lowest BCUT2D eigenvalue weighted by Crippen LogP contribution is -2.20. The zero-order valence-electron chi connectivity index (χ0n) is 10.4. The van der Waals surface area contributed by atoms with Crippen molar-refractivity contribution in [1.82, 2.24) is 14.9 Å². The highest BCUT2D eigenvalue weighted by Gasteiger charge is 2.22. The molecule has 1 fully saturated rings. The molecule has 0 aromatic carbocycles. The van der Waals surface area contributed by atoms with E-state index in [1.54, 1.807) is 0 Å². The number of imidazole rings is 1. The van der Waals surface area contributed by atoms with Crippen molar-refractivity contribution in [2.24, 2.45) is 5.92 Å². The van der Waals surface area contributed by atoms with Crippen LogP contribution < -0.4 is 5.32 Å². The molecule has 0 spiro atoms. The standard InChI is InChI=1S/C13H23N3/c1-3-11-4-6-12(7-5-11)16-10-15-9-13(16)8-14-2/h9-12,14H,3-8H2,1-2H3. The number of aromatic nitrogens is 2. The molecule has 0 bridgehead atoms. The first-order valence-electron chi connectivity index (χ1n) is 6.50. The Labute approximate surface area is 98.3 Å². The van der Waals surface area contributed by atoms with Crippen molar-refractivity contribution >= 4 is 0 Å². The molecule has 1 N–H and O–H groups in total. The molecule has 3 heteroatoms. The van der Waals surface area contributed by atoms with Gasteiger partial charge >= 0.3 is 0 Å². The monoisotopic (exact) mass is 221 g/mol. The van der Waals surface area contributed by atoms with Crippen LogP contribution in [0.4, 0.5) is 0 Å². The van der Waals surface area contributed by atoms with Crippen LogP contribution in [0.5, 0.6) is 0 Å². The molecule has 3 nitrogen and oxygen atoms in total. The summed E-state index contributed by atoms with van der Waals surface area (Å²) in [4.78, 5) is 4.28. The molecule has 1 aromatic heterocycles. The largest absolute Gasteiger partial charge is 0.330 e. The van der Waals surface area contributed by atoms with Crippen LogP contribution in [0, 0.1) is 5.92 Å². The summed E-state index contributed by atoms with van der Waals surface area (Å²) in [6.45, 7) is 3.24. The second-order valence-corrected chi connectivity index (χ2v) is 4.91. The Bertz CT molecular complexity index is 311. The van der Waals surface area contributed by atoms with Gasteiger partial charge in [0, 0.05) is 18.8 Å². The highest BCUT2D eigenvalue weighted by Crippen LogP contribution is 2.34. The Hall–Kier alpha value is -0.830. The summed E-state index contributed by atoms with van der Waals surface area (Å²) < 4.78 is 2.38. The number of nitrogens with zero attached hydrogens (tertiary/aromatic N) is 2. The number of nitrogens with one attached hydrogen (secondary N) is 1. The molecule has 1 saturated carbocycles. The molecule has 0 amide bonds. The van der Waals surface area contributed by atoms with Gasteiger partial charge in [-0.15, -0.1) is 0 Å². The molecule has 0 saturated heterocycles. The first kappa shape index (κ1) is 11.6. The van der Waals surface area contributed by atoms with Crippen LogP contribution in [-0.4, -0.2) is 16.6 Å². The van der Waals surface area contributed by atoms with E-state index in [1.807, 2.05) is 19.6 Å². The molecule has 16 heavy (non-hydrogen) atoms. The fraction of sp³-hybridized carbons (Fsp3) is 0.769. The lowest BCUT2D eigenvalue weighted by Gasteiger charge is -2.29. The Kier molecular flexibility index (Phi) is 3.99. The van der Waals surface area contributed by atoms with Crippen molar-refractivity contribution in [1.29, 1.82) is 0 Å². The molecular weight excluding hydrogens is 198 g/mol. The molecule has 2 rings (SSSR count). The minimum atomic E-state index is 0.689. The topological polar surface area (TPSA) is 29.9 Å². The van der Waals surface area contributed by atoms with Crippen LogP contribution in [-0.2, 0) is 6.54 Å². The van der Waals surface area contributed by atoms with Crippen molar-refractivity contribution in [3.05, 3.63) is 18.2 Å². The summed E-state index contributed by atoms with van der Waals surface area (Å²) in [6.07, 6.45) is 10.8. The van der Waals surface area contributed by atoms with Crippen molar-refractivity contribution in [3.63, 3.8) is 0 Å². The second kappa shape index (κ2) is 5.48. The molecule has 0 radical (unpaired) electrons. The molecule has 1 heterocycles. The van der Waals surface area contributed by atoms with E-state index in [2.05, 4.69) is 21.8 Å². The van der Waals surface area contributed by atoms with Crippen LogP contribution in [0.25, 0.3) is 0 Å². The Morgan fingerprint density at radius 1 is 1.38 bits per heavy atom. The quantitative estimate of drug-likeness (QED) is 0.847. The SMILES string of the molecule is CCC1CCC(n2cncc2CNC)CC1. The fourth-order valence-corrected chi connectivity index (χ4v) is 2.81. The Balaban J connectivity index is 1.99. The number of hydrogen-bond acceptors (Lipinski definition) is 2. The van der Waals surface area contributed by atoms with Crippen molar-refractivity contribution in [2.75, 3.05) is 7.05 Å². The summed E-state index contributed by atoms with van der Waals surface area (Å²) in [7, 11) is 1.99. The molecule has 90 valence electrons. The van der Waals surface area contributed by atoms with Gasteiger partial charge in [0.05, 0.1) is 12.0 Å². The molecule has 1 aliphatic rings. The summed E-state index contributed by atoms with van der Waals surface area (Å²) in [5, 5.41) is 3.21. The maximum atomic E-state index is 4.28. The summed E-state index contributed by atoms with van der Waals surface area (Å²) in [5.74, 6) is 0.965. The van der Waals surface area contributed by atoms with Gasteiger partial charge in [0.2, 0.25) is 0 Å².